The number of nitrogens with one attached hydrogen (secondary N) is 2. The molecule has 1 saturated carbocycles. The van der Waals surface area contributed by atoms with E-state index < -0.39 is 5.91 Å². The van der Waals surface area contributed by atoms with Crippen molar-refractivity contribution in [3.05, 3.63) is 42.4 Å². The molecule has 0 aliphatic heterocycles. The molecule has 2 atom stereocenters. The van der Waals surface area contributed by atoms with E-state index in [1.165, 1.54) is 6.20 Å². The Bertz CT molecular complexity index is 1140. The first kappa shape index (κ1) is 31.8. The van der Waals surface area contributed by atoms with E-state index in [0.29, 0.717) is 17.5 Å². The van der Waals surface area contributed by atoms with Gasteiger partial charge in [0.25, 0.3) is 5.91 Å². The predicted molar refractivity (Wildman–Crippen MR) is 157 cm³/mol. The number of ether oxygens (including phenoxy) is 1. The van der Waals surface area contributed by atoms with Gasteiger partial charge in [-0.15, -0.1) is 12.8 Å². The van der Waals surface area contributed by atoms with E-state index in [1.54, 1.807) is 29.8 Å². The summed E-state index contributed by atoms with van der Waals surface area (Å²) in [4.78, 5) is 16.5. The number of carbonyl (C=O) groups is 1. The van der Waals surface area contributed by atoms with Gasteiger partial charge in [-0.1, -0.05) is 53.5 Å². The molecule has 1 aliphatic rings. The number of amides is 1. The maximum Gasteiger partial charge on any atom is 0.252 e. The van der Waals surface area contributed by atoms with Gasteiger partial charge in [0.2, 0.25) is 5.88 Å². The van der Waals surface area contributed by atoms with E-state index in [0.717, 1.165) is 35.2 Å². The molecule has 3 heterocycles. The summed E-state index contributed by atoms with van der Waals surface area (Å²) in [6, 6.07) is 6.33. The number of hydrogen-bond donors (Lipinski definition) is 3. The third kappa shape index (κ3) is 7.18. The Balaban J connectivity index is 0.00000106. The molecular weight excluding hydrogens is 484 g/mol. The monoisotopic (exact) mass is 526 g/mol. The van der Waals surface area contributed by atoms with Gasteiger partial charge in [-0.25, -0.2) is 9.50 Å². The Morgan fingerprint density at radius 2 is 1.78 bits per heavy atom. The maximum absolute atomic E-state index is 12.2. The van der Waals surface area contributed by atoms with Gasteiger partial charge in [0, 0.05) is 47.1 Å². The fraction of sp³-hybridized carbons (Fsp3) is 0.464. The quantitative estimate of drug-likeness (QED) is 0.270. The molecule has 0 spiro atoms. The third-order valence-electron chi connectivity index (χ3n) is 6.30. The SMILES string of the molecule is C#C.CC.CC.COc1ccc(-c2cc3c(N[C@@H]4CC[C@H](NSC)C4(C)C)c(C(N)=O)cnn3c2)cn1. The molecule has 37 heavy (non-hydrogen) atoms. The number of nitrogens with two attached hydrogens (primary N) is 1. The Morgan fingerprint density at radius 1 is 1.14 bits per heavy atom. The molecule has 1 fully saturated rings. The number of terminal acetylenes is 1. The normalized spacial score (nSPS) is 17.2. The molecule has 3 aromatic heterocycles. The summed E-state index contributed by atoms with van der Waals surface area (Å²) in [5.41, 5.74) is 9.49. The summed E-state index contributed by atoms with van der Waals surface area (Å²) in [6.45, 7) is 12.5. The first-order valence-corrected chi connectivity index (χ1v) is 13.8. The van der Waals surface area contributed by atoms with Crippen molar-refractivity contribution >= 4 is 29.1 Å². The zero-order valence-electron chi connectivity index (χ0n) is 23.3. The first-order valence-electron chi connectivity index (χ1n) is 12.5. The van der Waals surface area contributed by atoms with Crippen LogP contribution in [0.3, 0.4) is 0 Å². The van der Waals surface area contributed by atoms with Crippen molar-refractivity contribution in [1.29, 1.82) is 0 Å². The number of pyridine rings is 1. The van der Waals surface area contributed by atoms with Gasteiger partial charge in [-0.2, -0.15) is 5.10 Å². The van der Waals surface area contributed by atoms with Crippen LogP contribution in [-0.4, -0.2) is 46.0 Å². The Labute approximate surface area is 226 Å². The highest BCUT2D eigenvalue weighted by atomic mass is 32.2. The lowest BCUT2D eigenvalue weighted by Gasteiger charge is -2.34. The highest BCUT2D eigenvalue weighted by Crippen LogP contribution is 2.41. The van der Waals surface area contributed by atoms with E-state index in [-0.39, 0.29) is 11.5 Å². The molecule has 1 aliphatic carbocycles. The van der Waals surface area contributed by atoms with Gasteiger partial charge in [0.05, 0.1) is 30.1 Å². The van der Waals surface area contributed by atoms with Gasteiger partial charge >= 0.3 is 0 Å². The van der Waals surface area contributed by atoms with Crippen molar-refractivity contribution in [2.75, 3.05) is 18.7 Å². The molecular formula is C28H42N6O2S. The second-order valence-corrected chi connectivity index (χ2v) is 9.06. The van der Waals surface area contributed by atoms with Gasteiger partial charge in [-0.3, -0.25) is 9.52 Å². The van der Waals surface area contributed by atoms with Crippen LogP contribution in [0.2, 0.25) is 0 Å². The fourth-order valence-corrected chi connectivity index (χ4v) is 5.04. The van der Waals surface area contributed by atoms with Crippen molar-refractivity contribution in [2.45, 2.75) is 66.5 Å². The van der Waals surface area contributed by atoms with Gasteiger partial charge in [0.15, 0.2) is 0 Å². The minimum Gasteiger partial charge on any atom is -0.481 e. The molecule has 0 bridgehead atoms. The number of hydrogen-bond acceptors (Lipinski definition) is 7. The van der Waals surface area contributed by atoms with Crippen molar-refractivity contribution in [2.24, 2.45) is 11.1 Å². The summed E-state index contributed by atoms with van der Waals surface area (Å²) in [5, 5.41) is 8.06. The van der Waals surface area contributed by atoms with E-state index in [2.05, 4.69) is 46.8 Å². The lowest BCUT2D eigenvalue weighted by atomic mass is 9.84. The molecule has 0 saturated heterocycles. The Hall–Kier alpha value is -3.22. The molecule has 0 unspecified atom stereocenters. The van der Waals surface area contributed by atoms with Crippen LogP contribution in [0.25, 0.3) is 16.6 Å². The van der Waals surface area contributed by atoms with Crippen LogP contribution in [0.5, 0.6) is 5.88 Å². The van der Waals surface area contributed by atoms with E-state index in [4.69, 9.17) is 10.5 Å². The Morgan fingerprint density at radius 3 is 2.32 bits per heavy atom. The van der Waals surface area contributed by atoms with Crippen molar-refractivity contribution in [3.63, 3.8) is 0 Å². The number of fused-ring (bicyclic) bond motifs is 1. The van der Waals surface area contributed by atoms with Crippen LogP contribution in [0, 0.1) is 18.3 Å². The summed E-state index contributed by atoms with van der Waals surface area (Å²) in [5.74, 6) is 0.0573. The van der Waals surface area contributed by atoms with Crippen LogP contribution in [-0.2, 0) is 0 Å². The fourth-order valence-electron chi connectivity index (χ4n) is 4.33. The van der Waals surface area contributed by atoms with Crippen LogP contribution >= 0.6 is 11.9 Å². The van der Waals surface area contributed by atoms with Gasteiger partial charge < -0.3 is 15.8 Å². The van der Waals surface area contributed by atoms with Crippen LogP contribution < -0.4 is 20.5 Å². The average Bonchev–Trinajstić information content (AvgIpc) is 3.49. The van der Waals surface area contributed by atoms with Crippen molar-refractivity contribution in [1.82, 2.24) is 19.3 Å². The molecule has 0 aromatic carbocycles. The van der Waals surface area contributed by atoms with Crippen molar-refractivity contribution in [3.8, 4) is 29.9 Å². The molecule has 0 radical (unpaired) electrons. The number of carbonyl (C=O) groups excluding carboxylic acids is 1. The number of rotatable bonds is 7. The number of anilines is 1. The molecule has 4 N–H and O–H groups in total. The van der Waals surface area contributed by atoms with E-state index in [1.807, 2.05) is 58.3 Å². The lowest BCUT2D eigenvalue weighted by molar-refractivity contribution is 0.100. The molecule has 8 nitrogen and oxygen atoms in total. The largest absolute Gasteiger partial charge is 0.481 e. The van der Waals surface area contributed by atoms with Crippen LogP contribution in [0.1, 0.15) is 64.7 Å². The van der Waals surface area contributed by atoms with Gasteiger partial charge in [0.1, 0.15) is 0 Å². The number of aromatic nitrogens is 3. The third-order valence-corrected chi connectivity index (χ3v) is 6.82. The topological polar surface area (TPSA) is 107 Å². The van der Waals surface area contributed by atoms with Gasteiger partial charge in [-0.05, 0) is 31.2 Å². The molecule has 3 aromatic rings. The van der Waals surface area contributed by atoms with Crippen molar-refractivity contribution < 1.29 is 9.53 Å². The minimum absolute atomic E-state index is 0.00644. The van der Waals surface area contributed by atoms with E-state index in [9.17, 15) is 4.79 Å². The first-order chi connectivity index (χ1) is 17.8. The second kappa shape index (κ2) is 15.1. The lowest BCUT2D eigenvalue weighted by Crippen LogP contribution is -2.42. The summed E-state index contributed by atoms with van der Waals surface area (Å²) in [6.07, 6.45) is 17.3. The zero-order valence-corrected chi connectivity index (χ0v) is 24.1. The maximum atomic E-state index is 12.2. The number of nitrogens with zero attached hydrogens (tertiary/aromatic N) is 3. The summed E-state index contributed by atoms with van der Waals surface area (Å²) >= 11 is 1.64. The predicted octanol–water partition coefficient (Wildman–Crippen LogP) is 5.64. The average molecular weight is 527 g/mol. The standard InChI is InChI=1S/C22H28N6O2S.2C2H6.C2H2/c1-22(2)17(6-7-18(22)27-31-4)26-20-15(21(23)29)11-25-28-12-14(9-16(20)28)13-5-8-19(30-3)24-10-13;3*1-2/h5,8-12,17-18,26-27H,6-7H2,1-4H3,(H2,23,29);2*1-2H3;1-2H/t17-,18+;;;/m1.../s1. The molecule has 4 rings (SSSR count). The zero-order chi connectivity index (χ0) is 28.2. The van der Waals surface area contributed by atoms with E-state index >= 15 is 0 Å². The summed E-state index contributed by atoms with van der Waals surface area (Å²) < 4.78 is 10.4. The van der Waals surface area contributed by atoms with Crippen LogP contribution in [0.4, 0.5) is 5.69 Å². The number of methoxy groups -OCH3 is 1. The molecule has 1 amide bonds. The van der Waals surface area contributed by atoms with Crippen LogP contribution in [0.15, 0.2) is 36.8 Å². The molecule has 202 valence electrons. The number of primary amides is 1. The Kier molecular flexibility index (Phi) is 13.0. The highest BCUT2D eigenvalue weighted by Gasteiger charge is 2.43. The summed E-state index contributed by atoms with van der Waals surface area (Å²) in [7, 11) is 1.59. The minimum atomic E-state index is -0.499. The smallest absolute Gasteiger partial charge is 0.252 e. The second-order valence-electron chi connectivity index (χ2n) is 8.42. The molecule has 9 heteroatoms. The highest BCUT2D eigenvalue weighted by molar-refractivity contribution is 7.96.